The Bertz CT molecular complexity index is 578. The molecule has 2 amide bonds. The Kier molecular flexibility index (Phi) is 3.92. The van der Waals surface area contributed by atoms with Crippen LogP contribution in [0.5, 0.6) is 0 Å². The Balaban J connectivity index is 1.95. The van der Waals surface area contributed by atoms with E-state index in [4.69, 9.17) is 5.73 Å². The Morgan fingerprint density at radius 3 is 2.84 bits per heavy atom. The summed E-state index contributed by atoms with van der Waals surface area (Å²) in [4.78, 5) is 29.5. The Hall–Kier alpha value is -2.63. The molecule has 1 heterocycles. The third kappa shape index (κ3) is 3.41. The number of carbonyl (C=O) groups is 2. The van der Waals surface area contributed by atoms with E-state index in [-0.39, 0.29) is 5.91 Å². The van der Waals surface area contributed by atoms with Crippen LogP contribution in [0.15, 0.2) is 36.7 Å². The smallest absolute Gasteiger partial charge is 0.248 e. The first-order chi connectivity index (χ1) is 9.16. The van der Waals surface area contributed by atoms with E-state index in [1.165, 1.54) is 12.6 Å². The van der Waals surface area contributed by atoms with Crippen LogP contribution >= 0.6 is 0 Å². The van der Waals surface area contributed by atoms with Gasteiger partial charge in [-0.15, -0.1) is 0 Å². The summed E-state index contributed by atoms with van der Waals surface area (Å²) in [6.07, 6.45) is 4.91. The highest BCUT2D eigenvalue weighted by Gasteiger charge is 2.10. The van der Waals surface area contributed by atoms with Gasteiger partial charge in [0.15, 0.2) is 0 Å². The lowest BCUT2D eigenvalue weighted by Gasteiger charge is -2.06. The summed E-state index contributed by atoms with van der Waals surface area (Å²) in [5.41, 5.74) is 6.40. The number of nitrogens with one attached hydrogen (secondary N) is 2. The number of hydrogen-bond acceptors (Lipinski definition) is 3. The Morgan fingerprint density at radius 2 is 2.16 bits per heavy atom. The van der Waals surface area contributed by atoms with Gasteiger partial charge < -0.3 is 10.7 Å². The van der Waals surface area contributed by atoms with Gasteiger partial charge in [0.05, 0.1) is 6.42 Å². The SMILES string of the molecule is NC(=O)c1ccccc1C[CH]C(=O)Nc1ncc[nH]1. The molecule has 0 unspecified atom stereocenters. The summed E-state index contributed by atoms with van der Waals surface area (Å²) in [6, 6.07) is 6.92. The maximum absolute atomic E-state index is 11.6. The Labute approximate surface area is 110 Å². The summed E-state index contributed by atoms with van der Waals surface area (Å²) in [5, 5.41) is 2.56. The van der Waals surface area contributed by atoms with Crippen molar-refractivity contribution in [3.8, 4) is 0 Å². The average Bonchev–Trinajstić information content (AvgIpc) is 2.89. The van der Waals surface area contributed by atoms with Gasteiger partial charge in [0.2, 0.25) is 17.8 Å². The van der Waals surface area contributed by atoms with Crippen LogP contribution in [0.1, 0.15) is 15.9 Å². The molecule has 0 aliphatic carbocycles. The molecule has 6 heteroatoms. The number of nitrogens with zero attached hydrogens (tertiary/aromatic N) is 1. The predicted molar refractivity (Wildman–Crippen MR) is 70.2 cm³/mol. The minimum absolute atomic E-state index is 0.297. The molecule has 0 fully saturated rings. The van der Waals surface area contributed by atoms with Crippen LogP contribution in [0.25, 0.3) is 0 Å². The highest BCUT2D eigenvalue weighted by Crippen LogP contribution is 2.10. The number of hydrogen-bond donors (Lipinski definition) is 3. The fraction of sp³-hybridized carbons (Fsp3) is 0.0769. The summed E-state index contributed by atoms with van der Waals surface area (Å²) >= 11 is 0. The van der Waals surface area contributed by atoms with Crippen molar-refractivity contribution in [1.82, 2.24) is 9.97 Å². The standard InChI is InChI=1S/C13H13N4O2/c14-12(19)10-4-2-1-3-9(10)5-6-11(18)17-13-15-7-8-16-13/h1-4,6-8H,5H2,(H2,14,19)(H2,15,16,17,18). The lowest BCUT2D eigenvalue weighted by Crippen LogP contribution is -2.17. The molecule has 0 aliphatic heterocycles. The molecule has 0 aliphatic rings. The summed E-state index contributed by atoms with van der Waals surface area (Å²) in [7, 11) is 0. The van der Waals surface area contributed by atoms with Gasteiger partial charge in [-0.2, -0.15) is 0 Å². The third-order valence-corrected chi connectivity index (χ3v) is 2.53. The largest absolute Gasteiger partial charge is 0.366 e. The number of carbonyl (C=O) groups excluding carboxylic acids is 2. The molecule has 0 saturated carbocycles. The second-order valence-electron chi connectivity index (χ2n) is 3.86. The molecule has 0 atom stereocenters. The zero-order valence-corrected chi connectivity index (χ0v) is 10.1. The third-order valence-electron chi connectivity index (χ3n) is 2.53. The number of primary amides is 1. The van der Waals surface area contributed by atoms with Gasteiger partial charge in [-0.25, -0.2) is 4.98 Å². The van der Waals surface area contributed by atoms with Crippen LogP contribution in [-0.2, 0) is 11.2 Å². The zero-order valence-electron chi connectivity index (χ0n) is 10.1. The molecule has 1 aromatic heterocycles. The first-order valence-electron chi connectivity index (χ1n) is 5.68. The summed E-state index contributed by atoms with van der Waals surface area (Å²) in [5.74, 6) is -0.422. The minimum Gasteiger partial charge on any atom is -0.366 e. The predicted octanol–water partition coefficient (Wildman–Crippen LogP) is 0.894. The van der Waals surface area contributed by atoms with Gasteiger partial charge >= 0.3 is 0 Å². The number of H-pyrrole nitrogens is 1. The monoisotopic (exact) mass is 257 g/mol. The molecule has 97 valence electrons. The molecule has 1 radical (unpaired) electrons. The number of anilines is 1. The lowest BCUT2D eigenvalue weighted by molar-refractivity contribution is -0.113. The average molecular weight is 257 g/mol. The van der Waals surface area contributed by atoms with Crippen molar-refractivity contribution in [1.29, 1.82) is 0 Å². The molecule has 0 spiro atoms. The highest BCUT2D eigenvalue weighted by atomic mass is 16.2. The number of benzene rings is 1. The van der Waals surface area contributed by atoms with Crippen LogP contribution in [-0.4, -0.2) is 21.8 Å². The molecule has 0 bridgehead atoms. The quantitative estimate of drug-likeness (QED) is 0.741. The number of imidazole rings is 1. The van der Waals surface area contributed by atoms with E-state index in [1.54, 1.807) is 30.5 Å². The minimum atomic E-state index is -0.504. The topological polar surface area (TPSA) is 101 Å². The molecule has 19 heavy (non-hydrogen) atoms. The van der Waals surface area contributed by atoms with Gasteiger partial charge in [-0.3, -0.25) is 14.9 Å². The molecule has 2 aromatic rings. The van der Waals surface area contributed by atoms with Crippen LogP contribution in [0.4, 0.5) is 5.95 Å². The van der Waals surface area contributed by atoms with E-state index >= 15 is 0 Å². The van der Waals surface area contributed by atoms with E-state index in [2.05, 4.69) is 15.3 Å². The van der Waals surface area contributed by atoms with Crippen LogP contribution in [0.2, 0.25) is 0 Å². The first-order valence-corrected chi connectivity index (χ1v) is 5.68. The van der Waals surface area contributed by atoms with E-state index in [0.717, 1.165) is 0 Å². The van der Waals surface area contributed by atoms with E-state index in [1.807, 2.05) is 0 Å². The molecule has 0 saturated heterocycles. The summed E-state index contributed by atoms with van der Waals surface area (Å²) in [6.45, 7) is 0. The van der Waals surface area contributed by atoms with Crippen molar-refractivity contribution in [3.05, 3.63) is 54.2 Å². The van der Waals surface area contributed by atoms with Crippen LogP contribution in [0, 0.1) is 6.42 Å². The van der Waals surface area contributed by atoms with Gasteiger partial charge in [0.1, 0.15) is 0 Å². The van der Waals surface area contributed by atoms with Crippen LogP contribution in [0.3, 0.4) is 0 Å². The number of amides is 2. The molecular formula is C13H13N4O2. The molecule has 1 aromatic carbocycles. The number of nitrogens with two attached hydrogens (primary N) is 1. The van der Waals surface area contributed by atoms with Crippen molar-refractivity contribution in [2.24, 2.45) is 5.73 Å². The van der Waals surface area contributed by atoms with Crippen LogP contribution < -0.4 is 11.1 Å². The van der Waals surface area contributed by atoms with Gasteiger partial charge in [0.25, 0.3) is 0 Å². The number of aromatic nitrogens is 2. The van der Waals surface area contributed by atoms with Crippen molar-refractivity contribution in [2.45, 2.75) is 6.42 Å². The van der Waals surface area contributed by atoms with Crippen molar-refractivity contribution in [3.63, 3.8) is 0 Å². The van der Waals surface area contributed by atoms with E-state index in [9.17, 15) is 9.59 Å². The fourth-order valence-corrected chi connectivity index (χ4v) is 1.64. The molecule has 2 rings (SSSR count). The van der Waals surface area contributed by atoms with Gasteiger partial charge in [0, 0.05) is 18.0 Å². The fourth-order valence-electron chi connectivity index (χ4n) is 1.64. The Morgan fingerprint density at radius 1 is 1.37 bits per heavy atom. The normalized spacial score (nSPS) is 10.1. The highest BCUT2D eigenvalue weighted by molar-refractivity contribution is 5.97. The van der Waals surface area contributed by atoms with Gasteiger partial charge in [-0.05, 0) is 18.1 Å². The van der Waals surface area contributed by atoms with E-state index < -0.39 is 5.91 Å². The van der Waals surface area contributed by atoms with E-state index in [0.29, 0.717) is 23.5 Å². The van der Waals surface area contributed by atoms with Crippen molar-refractivity contribution in [2.75, 3.05) is 5.32 Å². The van der Waals surface area contributed by atoms with Crippen molar-refractivity contribution >= 4 is 17.8 Å². The second-order valence-corrected chi connectivity index (χ2v) is 3.86. The van der Waals surface area contributed by atoms with Gasteiger partial charge in [-0.1, -0.05) is 18.2 Å². The maximum atomic E-state index is 11.6. The maximum Gasteiger partial charge on any atom is 0.248 e. The molecule has 6 nitrogen and oxygen atoms in total. The zero-order chi connectivity index (χ0) is 13.7. The second kappa shape index (κ2) is 5.81. The number of rotatable bonds is 5. The van der Waals surface area contributed by atoms with Crippen molar-refractivity contribution < 1.29 is 9.59 Å². The summed E-state index contributed by atoms with van der Waals surface area (Å²) < 4.78 is 0. The lowest BCUT2D eigenvalue weighted by atomic mass is 10.0. The molecular weight excluding hydrogens is 244 g/mol. The first kappa shape index (κ1) is 12.8. The molecule has 4 N–H and O–H groups in total. The number of aromatic amines is 1.